The third-order valence-electron chi connectivity index (χ3n) is 3.67. The molecule has 0 unspecified atom stereocenters. The van der Waals surface area contributed by atoms with Crippen molar-refractivity contribution in [3.8, 4) is 11.3 Å². The van der Waals surface area contributed by atoms with Gasteiger partial charge in [-0.15, -0.1) is 0 Å². The van der Waals surface area contributed by atoms with Crippen molar-refractivity contribution < 1.29 is 13.2 Å². The molecule has 0 spiro atoms. The summed E-state index contributed by atoms with van der Waals surface area (Å²) < 4.78 is 39.4. The van der Waals surface area contributed by atoms with Crippen molar-refractivity contribution in [1.82, 2.24) is 9.97 Å². The molecule has 0 aliphatic carbocycles. The molecule has 140 valence electrons. The summed E-state index contributed by atoms with van der Waals surface area (Å²) in [6.45, 7) is 2.53. The zero-order valence-corrected chi connectivity index (χ0v) is 15.9. The second kappa shape index (κ2) is 7.96. The predicted octanol–water partition coefficient (Wildman–Crippen LogP) is 6.10. The summed E-state index contributed by atoms with van der Waals surface area (Å²) in [7, 11) is 0. The minimum atomic E-state index is -4.45. The first-order valence-electron chi connectivity index (χ1n) is 8.19. The Bertz CT molecular complexity index is 930. The molecule has 0 aliphatic rings. The number of halogens is 4. The molecule has 8 heteroatoms. The van der Waals surface area contributed by atoms with Crippen molar-refractivity contribution in [3.05, 3.63) is 64.6 Å². The number of aromatic nitrogens is 2. The molecule has 2 N–H and O–H groups in total. The molecule has 0 amide bonds. The van der Waals surface area contributed by atoms with E-state index in [0.717, 1.165) is 11.6 Å². The zero-order valence-electron chi connectivity index (χ0n) is 14.3. The van der Waals surface area contributed by atoms with Crippen LogP contribution in [0.5, 0.6) is 0 Å². The summed E-state index contributed by atoms with van der Waals surface area (Å²) >= 11 is 2.94. The quantitative estimate of drug-likeness (QED) is 0.507. The molecule has 3 aromatic rings. The number of benzene rings is 2. The highest BCUT2D eigenvalue weighted by molar-refractivity contribution is 9.10. The fourth-order valence-electron chi connectivity index (χ4n) is 2.47. The van der Waals surface area contributed by atoms with Crippen molar-refractivity contribution in [2.24, 2.45) is 0 Å². The number of anilines is 3. The lowest BCUT2D eigenvalue weighted by atomic mass is 10.1. The van der Waals surface area contributed by atoms with Crippen LogP contribution in [-0.2, 0) is 6.18 Å². The second-order valence-corrected chi connectivity index (χ2v) is 6.53. The van der Waals surface area contributed by atoms with Crippen LogP contribution in [0.1, 0.15) is 12.5 Å². The molecule has 2 aromatic carbocycles. The number of alkyl halides is 3. The van der Waals surface area contributed by atoms with E-state index in [2.05, 4.69) is 36.5 Å². The van der Waals surface area contributed by atoms with Crippen molar-refractivity contribution in [3.63, 3.8) is 0 Å². The molecule has 27 heavy (non-hydrogen) atoms. The SMILES string of the molecule is CCNc1nc(Nc2ccc(Br)c(C(F)(F)F)c2)cc(-c2ccccc2)n1. The van der Waals surface area contributed by atoms with Gasteiger partial charge in [-0.1, -0.05) is 46.3 Å². The number of rotatable bonds is 5. The fourth-order valence-corrected chi connectivity index (χ4v) is 2.94. The maximum Gasteiger partial charge on any atom is 0.417 e. The first kappa shape index (κ1) is 19.2. The third kappa shape index (κ3) is 4.77. The number of nitrogens with zero attached hydrogens (tertiary/aromatic N) is 2. The lowest BCUT2D eigenvalue weighted by Gasteiger charge is -2.14. The van der Waals surface area contributed by atoms with Crippen LogP contribution in [0.15, 0.2) is 59.1 Å². The maximum atomic E-state index is 13.1. The number of hydrogen-bond donors (Lipinski definition) is 2. The normalized spacial score (nSPS) is 11.3. The second-order valence-electron chi connectivity index (χ2n) is 5.68. The Morgan fingerprint density at radius 1 is 1.00 bits per heavy atom. The Morgan fingerprint density at radius 3 is 2.41 bits per heavy atom. The monoisotopic (exact) mass is 436 g/mol. The van der Waals surface area contributed by atoms with Gasteiger partial charge < -0.3 is 10.6 Å². The molecule has 0 atom stereocenters. The Balaban J connectivity index is 1.98. The van der Waals surface area contributed by atoms with Gasteiger partial charge in [0.25, 0.3) is 0 Å². The van der Waals surface area contributed by atoms with E-state index in [1.54, 1.807) is 12.1 Å². The van der Waals surface area contributed by atoms with Gasteiger partial charge in [0.05, 0.1) is 11.3 Å². The fraction of sp³-hybridized carbons (Fsp3) is 0.158. The highest BCUT2D eigenvalue weighted by Gasteiger charge is 2.33. The largest absolute Gasteiger partial charge is 0.417 e. The van der Waals surface area contributed by atoms with Gasteiger partial charge in [0.2, 0.25) is 5.95 Å². The van der Waals surface area contributed by atoms with E-state index in [1.807, 2.05) is 37.3 Å². The van der Waals surface area contributed by atoms with Gasteiger partial charge in [0.1, 0.15) is 5.82 Å². The van der Waals surface area contributed by atoms with Crippen LogP contribution in [-0.4, -0.2) is 16.5 Å². The minimum Gasteiger partial charge on any atom is -0.354 e. The van der Waals surface area contributed by atoms with Gasteiger partial charge in [-0.3, -0.25) is 0 Å². The van der Waals surface area contributed by atoms with Gasteiger partial charge in [-0.05, 0) is 25.1 Å². The van der Waals surface area contributed by atoms with E-state index in [4.69, 9.17) is 0 Å². The highest BCUT2D eigenvalue weighted by Crippen LogP contribution is 2.37. The maximum absolute atomic E-state index is 13.1. The summed E-state index contributed by atoms with van der Waals surface area (Å²) in [5.74, 6) is 0.796. The summed E-state index contributed by atoms with van der Waals surface area (Å²) in [4.78, 5) is 8.79. The van der Waals surface area contributed by atoms with Gasteiger partial charge in [0, 0.05) is 28.3 Å². The Morgan fingerprint density at radius 2 is 1.74 bits per heavy atom. The summed E-state index contributed by atoms with van der Waals surface area (Å²) in [5, 5.41) is 5.98. The lowest BCUT2D eigenvalue weighted by Crippen LogP contribution is -2.08. The Kier molecular flexibility index (Phi) is 5.65. The van der Waals surface area contributed by atoms with Crippen molar-refractivity contribution in [2.45, 2.75) is 13.1 Å². The zero-order chi connectivity index (χ0) is 19.4. The van der Waals surface area contributed by atoms with Gasteiger partial charge in [0.15, 0.2) is 0 Å². The Labute approximate surface area is 163 Å². The van der Waals surface area contributed by atoms with E-state index in [0.29, 0.717) is 24.0 Å². The summed E-state index contributed by atoms with van der Waals surface area (Å²) in [6.07, 6.45) is -4.45. The molecule has 0 bridgehead atoms. The van der Waals surface area contributed by atoms with Gasteiger partial charge in [-0.2, -0.15) is 18.2 Å². The molecule has 1 aromatic heterocycles. The first-order valence-corrected chi connectivity index (χ1v) is 8.98. The van der Waals surface area contributed by atoms with Crippen LogP contribution in [0.25, 0.3) is 11.3 Å². The molecule has 0 fully saturated rings. The van der Waals surface area contributed by atoms with Crippen molar-refractivity contribution >= 4 is 33.4 Å². The number of nitrogens with one attached hydrogen (secondary N) is 2. The van der Waals surface area contributed by atoms with E-state index in [-0.39, 0.29) is 10.2 Å². The molecule has 0 saturated heterocycles. The smallest absolute Gasteiger partial charge is 0.354 e. The lowest BCUT2D eigenvalue weighted by molar-refractivity contribution is -0.138. The summed E-state index contributed by atoms with van der Waals surface area (Å²) in [5.41, 5.74) is 1.08. The standard InChI is InChI=1S/C19H16BrF3N4/c1-2-24-18-26-16(12-6-4-3-5-7-12)11-17(27-18)25-13-8-9-15(20)14(10-13)19(21,22)23/h3-11H,2H2,1H3,(H2,24,25,26,27). The van der Waals surface area contributed by atoms with E-state index in [1.165, 1.54) is 6.07 Å². The van der Waals surface area contributed by atoms with Crippen LogP contribution in [0, 0.1) is 0 Å². The molecule has 1 heterocycles. The first-order chi connectivity index (χ1) is 12.9. The minimum absolute atomic E-state index is 0.0125. The summed E-state index contributed by atoms with van der Waals surface area (Å²) in [6, 6.07) is 15.1. The van der Waals surface area contributed by atoms with Crippen LogP contribution in [0.2, 0.25) is 0 Å². The van der Waals surface area contributed by atoms with Crippen LogP contribution in [0.4, 0.5) is 30.6 Å². The molecular weight excluding hydrogens is 421 g/mol. The van der Waals surface area contributed by atoms with Gasteiger partial charge in [-0.25, -0.2) is 4.98 Å². The van der Waals surface area contributed by atoms with Crippen LogP contribution in [0.3, 0.4) is 0 Å². The van der Waals surface area contributed by atoms with E-state index in [9.17, 15) is 13.2 Å². The number of hydrogen-bond acceptors (Lipinski definition) is 4. The molecule has 0 radical (unpaired) electrons. The van der Waals surface area contributed by atoms with Crippen LogP contribution >= 0.6 is 15.9 Å². The van der Waals surface area contributed by atoms with Gasteiger partial charge >= 0.3 is 6.18 Å². The van der Waals surface area contributed by atoms with Crippen LogP contribution < -0.4 is 10.6 Å². The molecule has 0 aliphatic heterocycles. The average Bonchev–Trinajstić information content (AvgIpc) is 2.63. The third-order valence-corrected chi connectivity index (χ3v) is 4.37. The topological polar surface area (TPSA) is 49.8 Å². The molecule has 0 saturated carbocycles. The van der Waals surface area contributed by atoms with E-state index < -0.39 is 11.7 Å². The highest BCUT2D eigenvalue weighted by atomic mass is 79.9. The van der Waals surface area contributed by atoms with E-state index >= 15 is 0 Å². The van der Waals surface area contributed by atoms with Crippen molar-refractivity contribution in [1.29, 1.82) is 0 Å². The molecular formula is C19H16BrF3N4. The molecule has 4 nitrogen and oxygen atoms in total. The van der Waals surface area contributed by atoms with Crippen molar-refractivity contribution in [2.75, 3.05) is 17.2 Å². The predicted molar refractivity (Wildman–Crippen MR) is 104 cm³/mol. The molecule has 3 rings (SSSR count). The Hall–Kier alpha value is -2.61. The average molecular weight is 437 g/mol.